The monoisotopic (exact) mass is 461 g/mol. The van der Waals surface area contributed by atoms with E-state index >= 15 is 0 Å². The SMILES string of the molecule is O=C1[C@@H]2[C@H](Cc3ccc(O)c(O)c3)N[C@]3(C(=O)Nc4ccccc43)[C@@H]2C(=O)N1C1CCCCC1. The zero-order valence-electron chi connectivity index (χ0n) is 18.7. The molecule has 4 N–H and O–H groups in total. The Labute approximate surface area is 197 Å². The lowest BCUT2D eigenvalue weighted by Crippen LogP contribution is -2.54. The average molecular weight is 462 g/mol. The number of carbonyl (C=O) groups is 3. The van der Waals surface area contributed by atoms with Crippen LogP contribution in [0.3, 0.4) is 0 Å². The van der Waals surface area contributed by atoms with Gasteiger partial charge in [-0.1, -0.05) is 43.5 Å². The summed E-state index contributed by atoms with van der Waals surface area (Å²) in [6, 6.07) is 11.3. The Morgan fingerprint density at radius 1 is 0.941 bits per heavy atom. The third-order valence-electron chi connectivity index (χ3n) is 8.09. The molecule has 0 aromatic heterocycles. The highest BCUT2D eigenvalue weighted by Gasteiger charge is 2.70. The van der Waals surface area contributed by atoms with Crippen LogP contribution in [-0.4, -0.2) is 44.9 Å². The lowest BCUT2D eigenvalue weighted by atomic mass is 9.76. The fourth-order valence-corrected chi connectivity index (χ4v) is 6.60. The van der Waals surface area contributed by atoms with Crippen LogP contribution in [0, 0.1) is 11.8 Å². The van der Waals surface area contributed by atoms with Crippen molar-refractivity contribution in [3.8, 4) is 11.5 Å². The van der Waals surface area contributed by atoms with Crippen molar-refractivity contribution in [3.63, 3.8) is 0 Å². The molecule has 176 valence electrons. The Kier molecular flexibility index (Phi) is 4.71. The number of aromatic hydroxyl groups is 2. The molecule has 2 aromatic rings. The topological polar surface area (TPSA) is 119 Å². The van der Waals surface area contributed by atoms with Gasteiger partial charge in [0.15, 0.2) is 11.5 Å². The minimum Gasteiger partial charge on any atom is -0.504 e. The second-order valence-electron chi connectivity index (χ2n) is 9.93. The van der Waals surface area contributed by atoms with Gasteiger partial charge in [0.1, 0.15) is 5.54 Å². The molecule has 8 heteroatoms. The van der Waals surface area contributed by atoms with Crippen LogP contribution in [0.1, 0.15) is 43.2 Å². The number of carbonyl (C=O) groups excluding carboxylic acids is 3. The number of likely N-dealkylation sites (tertiary alicyclic amines) is 1. The van der Waals surface area contributed by atoms with Crippen molar-refractivity contribution >= 4 is 23.4 Å². The number of nitrogens with one attached hydrogen (secondary N) is 2. The van der Waals surface area contributed by atoms with Crippen LogP contribution in [0.4, 0.5) is 5.69 Å². The molecule has 2 aromatic carbocycles. The molecule has 4 aliphatic rings. The summed E-state index contributed by atoms with van der Waals surface area (Å²) in [7, 11) is 0. The molecule has 1 aliphatic carbocycles. The number of hydrogen-bond donors (Lipinski definition) is 4. The highest BCUT2D eigenvalue weighted by Crippen LogP contribution is 2.54. The number of imide groups is 1. The maximum Gasteiger partial charge on any atom is 0.250 e. The van der Waals surface area contributed by atoms with E-state index in [0.29, 0.717) is 23.2 Å². The summed E-state index contributed by atoms with van der Waals surface area (Å²) < 4.78 is 0. The summed E-state index contributed by atoms with van der Waals surface area (Å²) >= 11 is 0. The van der Waals surface area contributed by atoms with Gasteiger partial charge in [0.25, 0.3) is 0 Å². The Morgan fingerprint density at radius 3 is 2.47 bits per heavy atom. The predicted molar refractivity (Wildman–Crippen MR) is 123 cm³/mol. The zero-order chi connectivity index (χ0) is 23.6. The first-order valence-corrected chi connectivity index (χ1v) is 12.0. The summed E-state index contributed by atoms with van der Waals surface area (Å²) in [6.07, 6.45) is 5.00. The van der Waals surface area contributed by atoms with Crippen molar-refractivity contribution < 1.29 is 24.6 Å². The van der Waals surface area contributed by atoms with Crippen LogP contribution in [0.5, 0.6) is 11.5 Å². The van der Waals surface area contributed by atoms with Crippen molar-refractivity contribution in [2.75, 3.05) is 5.32 Å². The quantitative estimate of drug-likeness (QED) is 0.412. The van der Waals surface area contributed by atoms with Crippen molar-refractivity contribution in [1.82, 2.24) is 10.2 Å². The van der Waals surface area contributed by atoms with Crippen LogP contribution in [0.2, 0.25) is 0 Å². The van der Waals surface area contributed by atoms with Crippen molar-refractivity contribution in [3.05, 3.63) is 53.6 Å². The van der Waals surface area contributed by atoms with Crippen LogP contribution in [0.25, 0.3) is 0 Å². The highest BCUT2D eigenvalue weighted by molar-refractivity contribution is 6.15. The molecule has 0 unspecified atom stereocenters. The highest BCUT2D eigenvalue weighted by atomic mass is 16.3. The molecular formula is C26H27N3O5. The van der Waals surface area contributed by atoms with Gasteiger partial charge in [-0.25, -0.2) is 0 Å². The van der Waals surface area contributed by atoms with Gasteiger partial charge in [0.05, 0.1) is 11.8 Å². The summed E-state index contributed by atoms with van der Waals surface area (Å²) in [5.74, 6) is -2.79. The fourth-order valence-electron chi connectivity index (χ4n) is 6.60. The Bertz CT molecular complexity index is 1210. The number of phenols is 2. The Morgan fingerprint density at radius 2 is 1.71 bits per heavy atom. The van der Waals surface area contributed by atoms with Gasteiger partial charge in [0.2, 0.25) is 17.7 Å². The van der Waals surface area contributed by atoms with Gasteiger partial charge in [0, 0.05) is 23.3 Å². The molecule has 1 saturated carbocycles. The third-order valence-corrected chi connectivity index (χ3v) is 8.09. The molecule has 3 fully saturated rings. The van der Waals surface area contributed by atoms with Crippen molar-refractivity contribution in [2.24, 2.45) is 11.8 Å². The number of anilines is 1. The lowest BCUT2D eigenvalue weighted by molar-refractivity contribution is -0.146. The van der Waals surface area contributed by atoms with Gasteiger partial charge in [-0.05, 0) is 43.0 Å². The first-order chi connectivity index (χ1) is 16.4. The zero-order valence-corrected chi connectivity index (χ0v) is 18.7. The number of amides is 3. The van der Waals surface area contributed by atoms with E-state index in [1.807, 2.05) is 24.3 Å². The van der Waals surface area contributed by atoms with Crippen LogP contribution in [-0.2, 0) is 26.3 Å². The number of para-hydroxylation sites is 1. The van der Waals surface area contributed by atoms with Gasteiger partial charge < -0.3 is 15.5 Å². The molecule has 0 bridgehead atoms. The number of rotatable bonds is 3. The van der Waals surface area contributed by atoms with Crippen LogP contribution >= 0.6 is 0 Å². The average Bonchev–Trinajstić information content (AvgIpc) is 3.41. The normalized spacial score (nSPS) is 30.6. The second-order valence-corrected chi connectivity index (χ2v) is 9.93. The molecule has 4 atom stereocenters. The summed E-state index contributed by atoms with van der Waals surface area (Å²) in [5, 5.41) is 26.0. The maximum absolute atomic E-state index is 13.9. The fraction of sp³-hybridized carbons (Fsp3) is 0.423. The van der Waals surface area contributed by atoms with E-state index < -0.39 is 23.4 Å². The van der Waals surface area contributed by atoms with Crippen LogP contribution < -0.4 is 10.6 Å². The first kappa shape index (κ1) is 21.2. The van der Waals surface area contributed by atoms with Crippen molar-refractivity contribution in [2.45, 2.75) is 56.1 Å². The minimum absolute atomic E-state index is 0.116. The molecule has 8 nitrogen and oxygen atoms in total. The number of hydrogen-bond acceptors (Lipinski definition) is 6. The van der Waals surface area contributed by atoms with E-state index in [4.69, 9.17) is 0 Å². The smallest absolute Gasteiger partial charge is 0.250 e. The summed E-state index contributed by atoms with van der Waals surface area (Å²) in [6.45, 7) is 0. The number of phenolic OH excluding ortho intramolecular Hbond substituents is 2. The summed E-state index contributed by atoms with van der Waals surface area (Å²) in [4.78, 5) is 42.7. The molecule has 0 radical (unpaired) electrons. The molecular weight excluding hydrogens is 434 g/mol. The predicted octanol–water partition coefficient (Wildman–Crippen LogP) is 2.39. The van der Waals surface area contributed by atoms with E-state index in [0.717, 1.165) is 32.1 Å². The molecule has 1 spiro atoms. The van der Waals surface area contributed by atoms with E-state index in [1.54, 1.807) is 6.07 Å². The second kappa shape index (κ2) is 7.56. The van der Waals surface area contributed by atoms with Gasteiger partial charge in [-0.2, -0.15) is 0 Å². The maximum atomic E-state index is 13.9. The van der Waals surface area contributed by atoms with Gasteiger partial charge in [-0.15, -0.1) is 0 Å². The Hall–Kier alpha value is -3.39. The molecule has 6 rings (SSSR count). The standard InChI is InChI=1S/C26H27N3O5/c30-19-11-10-14(13-20(19)31)12-18-21-22(24(33)29(23(21)32)15-6-2-1-3-7-15)26(28-18)16-8-4-5-9-17(16)27-25(26)34/h4-5,8-11,13,15,18,21-22,28,30-31H,1-3,6-7,12H2,(H,27,34)/t18-,21+,22-,26-/m0/s1. The first-order valence-electron chi connectivity index (χ1n) is 12.0. The summed E-state index contributed by atoms with van der Waals surface area (Å²) in [5.41, 5.74) is 0.725. The van der Waals surface area contributed by atoms with E-state index in [1.165, 1.54) is 17.0 Å². The van der Waals surface area contributed by atoms with E-state index in [-0.39, 0.29) is 35.3 Å². The van der Waals surface area contributed by atoms with Gasteiger partial charge in [-0.3, -0.25) is 24.6 Å². The van der Waals surface area contributed by atoms with Gasteiger partial charge >= 0.3 is 0 Å². The number of nitrogens with zero attached hydrogens (tertiary/aromatic N) is 1. The molecule has 2 saturated heterocycles. The molecule has 3 amide bonds. The van der Waals surface area contributed by atoms with Crippen LogP contribution in [0.15, 0.2) is 42.5 Å². The lowest BCUT2D eigenvalue weighted by Gasteiger charge is -2.34. The van der Waals surface area contributed by atoms with Crippen molar-refractivity contribution in [1.29, 1.82) is 0 Å². The Balaban J connectivity index is 1.45. The molecule has 3 heterocycles. The third kappa shape index (κ3) is 2.84. The molecule has 34 heavy (non-hydrogen) atoms. The number of benzene rings is 2. The minimum atomic E-state index is -1.32. The largest absolute Gasteiger partial charge is 0.504 e. The van der Waals surface area contributed by atoms with E-state index in [2.05, 4.69) is 10.6 Å². The molecule has 3 aliphatic heterocycles. The van der Waals surface area contributed by atoms with E-state index in [9.17, 15) is 24.6 Å². The number of fused-ring (bicyclic) bond motifs is 4.